The molecular weight excluding hydrogens is 673 g/mol. The molecule has 0 N–H and O–H groups in total. The molecule has 5 heteroatoms. The van der Waals surface area contributed by atoms with Crippen LogP contribution in [0.25, 0.3) is 99.2 Å². The van der Waals surface area contributed by atoms with E-state index in [1.54, 1.807) is 12.1 Å². The molecule has 0 aliphatic carbocycles. The molecule has 3 heterocycles. The third-order valence-corrected chi connectivity index (χ3v) is 11.0. The zero-order chi connectivity index (χ0) is 36.6. The second-order valence-corrected chi connectivity index (χ2v) is 14.0. The van der Waals surface area contributed by atoms with Crippen LogP contribution in [-0.2, 0) is 0 Å². The van der Waals surface area contributed by atoms with E-state index in [1.807, 2.05) is 36.4 Å². The minimum Gasteiger partial charge on any atom is -0.455 e. The van der Waals surface area contributed by atoms with Gasteiger partial charge >= 0.3 is 0 Å². The van der Waals surface area contributed by atoms with Gasteiger partial charge in [0.25, 0.3) is 0 Å². The molecule has 8 aromatic carbocycles. The van der Waals surface area contributed by atoms with Crippen molar-refractivity contribution in [2.24, 2.45) is 0 Å². The van der Waals surface area contributed by atoms with Gasteiger partial charge in [-0.05, 0) is 95.6 Å². The van der Waals surface area contributed by atoms with Gasteiger partial charge in [-0.1, -0.05) is 91.0 Å². The summed E-state index contributed by atoms with van der Waals surface area (Å²) in [6.45, 7) is 0. The average molecular weight is 701 g/mol. The van der Waals surface area contributed by atoms with Crippen molar-refractivity contribution in [1.82, 2.24) is 9.13 Å². The van der Waals surface area contributed by atoms with E-state index in [0.29, 0.717) is 11.1 Å². The Morgan fingerprint density at radius 3 is 1.67 bits per heavy atom. The summed E-state index contributed by atoms with van der Waals surface area (Å²) in [5.74, 6) is 0. The lowest BCUT2D eigenvalue weighted by atomic mass is 9.94. The standard InChI is InChI=1S/C50H28N4O/c51-29-31-17-19-32(20-18-31)43-27-33(21-22-34(43)30-52)35-25-36(53-44-13-5-1-9-38(44)39-10-2-6-14-45(39)53)28-37(26-35)54-46-15-7-3-12-42(46)49-47(54)24-23-41-40-11-4-8-16-48(40)55-50(41)49/h1-28H. The highest BCUT2D eigenvalue weighted by atomic mass is 16.3. The lowest BCUT2D eigenvalue weighted by Crippen LogP contribution is -2.00. The van der Waals surface area contributed by atoms with Gasteiger partial charge in [0, 0.05) is 43.9 Å². The van der Waals surface area contributed by atoms with Gasteiger partial charge in [-0.2, -0.15) is 10.5 Å². The summed E-state index contributed by atoms with van der Waals surface area (Å²) in [6.07, 6.45) is 0. The number of rotatable bonds is 4. The number of nitriles is 2. The Hall–Kier alpha value is -7.86. The van der Waals surface area contributed by atoms with Crippen molar-refractivity contribution in [2.75, 3.05) is 0 Å². The van der Waals surface area contributed by atoms with E-state index in [2.05, 4.69) is 143 Å². The van der Waals surface area contributed by atoms with Crippen molar-refractivity contribution in [3.05, 3.63) is 181 Å². The minimum absolute atomic E-state index is 0.574. The van der Waals surface area contributed by atoms with Crippen LogP contribution in [0, 0.1) is 22.7 Å². The van der Waals surface area contributed by atoms with Gasteiger partial charge in [-0.15, -0.1) is 0 Å². The van der Waals surface area contributed by atoms with Crippen molar-refractivity contribution in [3.63, 3.8) is 0 Å². The van der Waals surface area contributed by atoms with Crippen LogP contribution < -0.4 is 0 Å². The van der Waals surface area contributed by atoms with Gasteiger partial charge in [0.2, 0.25) is 0 Å². The van der Waals surface area contributed by atoms with Gasteiger partial charge in [0.15, 0.2) is 0 Å². The molecule has 0 aliphatic heterocycles. The molecule has 0 saturated heterocycles. The third kappa shape index (κ3) is 4.58. The molecule has 254 valence electrons. The molecule has 5 nitrogen and oxygen atoms in total. The zero-order valence-corrected chi connectivity index (χ0v) is 29.4. The van der Waals surface area contributed by atoms with Crippen LogP contribution in [-0.4, -0.2) is 9.13 Å². The molecule has 0 bridgehead atoms. The fourth-order valence-electron chi connectivity index (χ4n) is 8.52. The third-order valence-electron chi connectivity index (χ3n) is 11.0. The molecule has 0 spiro atoms. The van der Waals surface area contributed by atoms with E-state index in [4.69, 9.17) is 4.42 Å². The fourth-order valence-corrected chi connectivity index (χ4v) is 8.52. The summed E-state index contributed by atoms with van der Waals surface area (Å²) in [7, 11) is 0. The van der Waals surface area contributed by atoms with Crippen molar-refractivity contribution < 1.29 is 4.42 Å². The quantitative estimate of drug-likeness (QED) is 0.183. The molecule has 11 aromatic rings. The van der Waals surface area contributed by atoms with Gasteiger partial charge in [-0.25, -0.2) is 0 Å². The largest absolute Gasteiger partial charge is 0.455 e. The Balaban J connectivity index is 1.23. The smallest absolute Gasteiger partial charge is 0.145 e. The number of nitrogens with zero attached hydrogens (tertiary/aromatic N) is 4. The summed E-state index contributed by atoms with van der Waals surface area (Å²) in [6, 6.07) is 63.1. The first kappa shape index (κ1) is 30.7. The van der Waals surface area contributed by atoms with Gasteiger partial charge in [0.1, 0.15) is 11.2 Å². The van der Waals surface area contributed by atoms with E-state index < -0.39 is 0 Å². The van der Waals surface area contributed by atoms with E-state index in [9.17, 15) is 10.5 Å². The predicted octanol–water partition coefficient (Wildman–Crippen LogP) is 12.9. The van der Waals surface area contributed by atoms with E-state index in [0.717, 1.165) is 88.4 Å². The average Bonchev–Trinajstić information content (AvgIpc) is 3.91. The lowest BCUT2D eigenvalue weighted by molar-refractivity contribution is 0.673. The molecule has 0 aliphatic rings. The Kier molecular flexibility index (Phi) is 6.61. The predicted molar refractivity (Wildman–Crippen MR) is 223 cm³/mol. The number of para-hydroxylation sites is 4. The van der Waals surface area contributed by atoms with Crippen LogP contribution >= 0.6 is 0 Å². The van der Waals surface area contributed by atoms with E-state index in [1.165, 1.54) is 10.8 Å². The van der Waals surface area contributed by atoms with Gasteiger partial charge in [-0.3, -0.25) is 0 Å². The van der Waals surface area contributed by atoms with Crippen LogP contribution in [0.3, 0.4) is 0 Å². The first-order valence-corrected chi connectivity index (χ1v) is 18.2. The summed E-state index contributed by atoms with van der Waals surface area (Å²) < 4.78 is 11.3. The summed E-state index contributed by atoms with van der Waals surface area (Å²) >= 11 is 0. The van der Waals surface area contributed by atoms with Crippen LogP contribution in [0.5, 0.6) is 0 Å². The van der Waals surface area contributed by atoms with Crippen LogP contribution in [0.15, 0.2) is 174 Å². The molecule has 0 atom stereocenters. The second kappa shape index (κ2) is 11.8. The molecule has 0 radical (unpaired) electrons. The van der Waals surface area contributed by atoms with E-state index in [-0.39, 0.29) is 0 Å². The maximum atomic E-state index is 10.2. The second-order valence-electron chi connectivity index (χ2n) is 14.0. The molecule has 55 heavy (non-hydrogen) atoms. The molecule has 0 fully saturated rings. The maximum Gasteiger partial charge on any atom is 0.145 e. The molecule has 11 rings (SSSR count). The molecule has 0 amide bonds. The molecular formula is C50H28N4O. The van der Waals surface area contributed by atoms with Gasteiger partial charge < -0.3 is 13.6 Å². The van der Waals surface area contributed by atoms with Crippen LogP contribution in [0.1, 0.15) is 11.1 Å². The number of benzene rings is 8. The first-order chi connectivity index (χ1) is 27.2. The first-order valence-electron chi connectivity index (χ1n) is 18.2. The topological polar surface area (TPSA) is 70.6 Å². The lowest BCUT2D eigenvalue weighted by Gasteiger charge is -2.16. The molecule has 0 saturated carbocycles. The monoisotopic (exact) mass is 700 g/mol. The highest BCUT2D eigenvalue weighted by molar-refractivity contribution is 6.24. The molecule has 0 unspecified atom stereocenters. The van der Waals surface area contributed by atoms with Crippen molar-refractivity contribution in [3.8, 4) is 45.8 Å². The number of aromatic nitrogens is 2. The SMILES string of the molecule is N#Cc1ccc(-c2cc(-c3cc(-n4c5ccccc5c5ccccc54)cc(-n4c5ccccc5c5c6oc7ccccc7c6ccc54)c3)ccc2C#N)cc1. The Labute approximate surface area is 315 Å². The summed E-state index contributed by atoms with van der Waals surface area (Å²) in [5.41, 5.74) is 13.0. The number of hydrogen-bond donors (Lipinski definition) is 0. The highest BCUT2D eigenvalue weighted by Gasteiger charge is 2.21. The number of hydrogen-bond acceptors (Lipinski definition) is 3. The Morgan fingerprint density at radius 2 is 1.00 bits per heavy atom. The van der Waals surface area contributed by atoms with Crippen molar-refractivity contribution >= 4 is 65.6 Å². The summed E-state index contributed by atoms with van der Waals surface area (Å²) in [4.78, 5) is 0. The number of fused-ring (bicyclic) bond motifs is 10. The zero-order valence-electron chi connectivity index (χ0n) is 29.4. The summed E-state index contributed by atoms with van der Waals surface area (Å²) in [5, 5.41) is 26.4. The van der Waals surface area contributed by atoms with Crippen LogP contribution in [0.4, 0.5) is 0 Å². The van der Waals surface area contributed by atoms with Crippen LogP contribution in [0.2, 0.25) is 0 Å². The minimum atomic E-state index is 0.574. The Bertz CT molecular complexity index is 3400. The maximum absolute atomic E-state index is 10.2. The fraction of sp³-hybridized carbons (Fsp3) is 0. The Morgan fingerprint density at radius 1 is 0.418 bits per heavy atom. The molecule has 3 aromatic heterocycles. The van der Waals surface area contributed by atoms with Crippen molar-refractivity contribution in [2.45, 2.75) is 0 Å². The normalized spacial score (nSPS) is 11.6. The highest BCUT2D eigenvalue weighted by Crippen LogP contribution is 2.42. The van der Waals surface area contributed by atoms with Gasteiger partial charge in [0.05, 0.1) is 50.7 Å². The van der Waals surface area contributed by atoms with Crippen molar-refractivity contribution in [1.29, 1.82) is 10.5 Å². The van der Waals surface area contributed by atoms with E-state index >= 15 is 0 Å². The number of furan rings is 1.